The van der Waals surface area contributed by atoms with E-state index in [9.17, 15) is 4.79 Å². The van der Waals surface area contributed by atoms with Crippen LogP contribution >= 0.6 is 0 Å². The highest BCUT2D eigenvalue weighted by atomic mass is 17.7. The summed E-state index contributed by atoms with van der Waals surface area (Å²) in [5.41, 5.74) is 0. The van der Waals surface area contributed by atoms with E-state index in [4.69, 9.17) is 0 Å². The molecule has 0 aliphatic rings. The zero-order valence-electron chi connectivity index (χ0n) is 9.49. The molecule has 0 saturated heterocycles. The molecule has 0 aromatic rings. The Labute approximate surface area is 90.4 Å². The molecule has 0 bridgehead atoms. The second-order valence-corrected chi connectivity index (χ2v) is 3.22. The molecule has 15 heavy (non-hydrogen) atoms. The van der Waals surface area contributed by atoms with Crippen LogP contribution in [0.2, 0.25) is 0 Å². The van der Waals surface area contributed by atoms with Gasteiger partial charge in [0.1, 0.15) is 0 Å². The van der Waals surface area contributed by atoms with Crippen molar-refractivity contribution in [2.45, 2.75) is 52.4 Å². The molecule has 0 aliphatic carbocycles. The minimum Gasteiger partial charge on any atom is -0.267 e. The van der Waals surface area contributed by atoms with Gasteiger partial charge in [-0.2, -0.15) is 0 Å². The fraction of sp³-hybridized carbons (Fsp3) is 0.900. The maximum atomic E-state index is 10.9. The van der Waals surface area contributed by atoms with Crippen LogP contribution in [0, 0.1) is 0 Å². The first-order valence-corrected chi connectivity index (χ1v) is 5.46. The summed E-state index contributed by atoms with van der Waals surface area (Å²) in [5.74, 6) is -0.442. The van der Waals surface area contributed by atoms with Crippen LogP contribution in [-0.4, -0.2) is 12.6 Å². The molecule has 0 aromatic carbocycles. The number of unbranched alkanes of at least 4 members (excludes halogenated alkanes) is 3. The molecule has 0 fully saturated rings. The Morgan fingerprint density at radius 1 is 1.00 bits per heavy atom. The van der Waals surface area contributed by atoms with E-state index in [1.165, 1.54) is 0 Å². The van der Waals surface area contributed by atoms with E-state index in [0.717, 1.165) is 32.1 Å². The Balaban J connectivity index is 3.10. The van der Waals surface area contributed by atoms with Gasteiger partial charge in [-0.05, 0) is 17.9 Å². The fourth-order valence-corrected chi connectivity index (χ4v) is 0.870. The number of carbonyl (C=O) groups excluding carboxylic acids is 1. The lowest BCUT2D eigenvalue weighted by Gasteiger charge is -2.01. The minimum atomic E-state index is -0.442. The van der Waals surface area contributed by atoms with Gasteiger partial charge < -0.3 is 0 Å². The number of carbonyl (C=O) groups is 1. The van der Waals surface area contributed by atoms with Crippen LogP contribution in [0.15, 0.2) is 0 Å². The third-order valence-electron chi connectivity index (χ3n) is 1.77. The smallest absolute Gasteiger partial charge is 0.267 e. The monoisotopic (exact) mass is 220 g/mol. The maximum Gasteiger partial charge on any atom is 0.345 e. The summed E-state index contributed by atoms with van der Waals surface area (Å²) in [4.78, 5) is 19.8. The Morgan fingerprint density at radius 2 is 1.73 bits per heavy atom. The number of rotatable bonds is 10. The molecule has 0 heterocycles. The molecule has 0 amide bonds. The van der Waals surface area contributed by atoms with E-state index < -0.39 is 5.97 Å². The van der Waals surface area contributed by atoms with Gasteiger partial charge in [0.25, 0.3) is 0 Å². The Morgan fingerprint density at radius 3 is 2.40 bits per heavy atom. The van der Waals surface area contributed by atoms with Crippen LogP contribution < -0.4 is 0 Å². The molecule has 0 N–H and O–H groups in total. The highest BCUT2D eigenvalue weighted by molar-refractivity contribution is 5.68. The lowest BCUT2D eigenvalue weighted by Crippen LogP contribution is -2.06. The van der Waals surface area contributed by atoms with Gasteiger partial charge in [0, 0.05) is 11.5 Å². The zero-order valence-corrected chi connectivity index (χ0v) is 9.49. The topological polar surface area (TPSA) is 54.0 Å². The molecule has 0 rings (SSSR count). The third kappa shape index (κ3) is 11.3. The SMILES string of the molecule is CCCCCC(=O)OOOOCCCC. The lowest BCUT2D eigenvalue weighted by atomic mass is 10.2. The van der Waals surface area contributed by atoms with Crippen molar-refractivity contribution in [3.8, 4) is 0 Å². The van der Waals surface area contributed by atoms with Gasteiger partial charge in [-0.3, -0.25) is 4.89 Å². The van der Waals surface area contributed by atoms with Gasteiger partial charge in [-0.25, -0.2) is 9.68 Å². The van der Waals surface area contributed by atoms with E-state index >= 15 is 0 Å². The maximum absolute atomic E-state index is 10.9. The van der Waals surface area contributed by atoms with E-state index in [2.05, 4.69) is 26.8 Å². The van der Waals surface area contributed by atoms with Crippen molar-refractivity contribution in [3.63, 3.8) is 0 Å². The predicted molar refractivity (Wildman–Crippen MR) is 53.3 cm³/mol. The molecule has 5 heteroatoms. The lowest BCUT2D eigenvalue weighted by molar-refractivity contribution is -0.617. The molecular formula is C10H20O5. The molecule has 0 aliphatic heterocycles. The van der Waals surface area contributed by atoms with Crippen LogP contribution in [0.3, 0.4) is 0 Å². The molecule has 0 atom stereocenters. The summed E-state index contributed by atoms with van der Waals surface area (Å²) < 4.78 is 0. The van der Waals surface area contributed by atoms with Gasteiger partial charge in [-0.15, -0.1) is 0 Å². The first-order valence-electron chi connectivity index (χ1n) is 5.46. The van der Waals surface area contributed by atoms with Crippen LogP contribution in [0.1, 0.15) is 52.4 Å². The van der Waals surface area contributed by atoms with Crippen molar-refractivity contribution in [1.82, 2.24) is 0 Å². The van der Waals surface area contributed by atoms with Crippen LogP contribution in [0.4, 0.5) is 0 Å². The number of hydrogen-bond acceptors (Lipinski definition) is 5. The molecular weight excluding hydrogens is 200 g/mol. The van der Waals surface area contributed by atoms with Gasteiger partial charge in [0.15, 0.2) is 0 Å². The summed E-state index contributed by atoms with van der Waals surface area (Å²) in [7, 11) is 0. The summed E-state index contributed by atoms with van der Waals surface area (Å²) in [6.07, 6.45) is 5.07. The van der Waals surface area contributed by atoms with E-state index in [1.807, 2.05) is 6.92 Å². The predicted octanol–water partition coefficient (Wildman–Crippen LogP) is 2.70. The standard InChI is InChI=1S/C10H20O5/c1-3-5-7-8-10(11)13-15-14-12-9-6-4-2/h3-9H2,1-2H3. The fourth-order valence-electron chi connectivity index (χ4n) is 0.870. The van der Waals surface area contributed by atoms with Gasteiger partial charge in [0.05, 0.1) is 6.61 Å². The summed E-state index contributed by atoms with van der Waals surface area (Å²) in [6, 6.07) is 0. The minimum absolute atomic E-state index is 0.339. The van der Waals surface area contributed by atoms with E-state index in [1.54, 1.807) is 0 Å². The van der Waals surface area contributed by atoms with Crippen molar-refractivity contribution in [3.05, 3.63) is 0 Å². The van der Waals surface area contributed by atoms with Crippen molar-refractivity contribution in [1.29, 1.82) is 0 Å². The van der Waals surface area contributed by atoms with Crippen LogP contribution in [-0.2, 0) is 24.6 Å². The molecule has 0 radical (unpaired) electrons. The summed E-state index contributed by atoms with van der Waals surface area (Å²) >= 11 is 0. The van der Waals surface area contributed by atoms with E-state index in [-0.39, 0.29) is 0 Å². The first-order chi connectivity index (χ1) is 7.31. The second kappa shape index (κ2) is 11.4. The van der Waals surface area contributed by atoms with Crippen molar-refractivity contribution in [2.75, 3.05) is 6.61 Å². The largest absolute Gasteiger partial charge is 0.345 e. The molecule has 5 nitrogen and oxygen atoms in total. The van der Waals surface area contributed by atoms with Gasteiger partial charge >= 0.3 is 5.97 Å². The second-order valence-electron chi connectivity index (χ2n) is 3.22. The van der Waals surface area contributed by atoms with Crippen LogP contribution in [0.25, 0.3) is 0 Å². The highest BCUT2D eigenvalue weighted by Crippen LogP contribution is 2.01. The molecule has 90 valence electrons. The zero-order chi connectivity index (χ0) is 11.4. The molecule has 0 spiro atoms. The molecule has 0 saturated carbocycles. The first kappa shape index (κ1) is 14.3. The normalized spacial score (nSPS) is 10.3. The quantitative estimate of drug-likeness (QED) is 0.322. The van der Waals surface area contributed by atoms with Gasteiger partial charge in [0.2, 0.25) is 0 Å². The van der Waals surface area contributed by atoms with Crippen molar-refractivity contribution < 1.29 is 24.6 Å². The Kier molecular flexibility index (Phi) is 10.9. The van der Waals surface area contributed by atoms with E-state index in [0.29, 0.717) is 13.0 Å². The van der Waals surface area contributed by atoms with Crippen molar-refractivity contribution >= 4 is 5.97 Å². The summed E-state index contributed by atoms with van der Waals surface area (Å²) in [5, 5.41) is 8.27. The third-order valence-corrected chi connectivity index (χ3v) is 1.77. The van der Waals surface area contributed by atoms with Crippen LogP contribution in [0.5, 0.6) is 0 Å². The number of hydrogen-bond donors (Lipinski definition) is 0. The highest BCUT2D eigenvalue weighted by Gasteiger charge is 2.03. The van der Waals surface area contributed by atoms with Crippen molar-refractivity contribution in [2.24, 2.45) is 0 Å². The summed E-state index contributed by atoms with van der Waals surface area (Å²) in [6.45, 7) is 4.51. The average Bonchev–Trinajstić information content (AvgIpc) is 2.23. The van der Waals surface area contributed by atoms with Gasteiger partial charge in [-0.1, -0.05) is 33.1 Å². The Bertz CT molecular complexity index is 149. The Hall–Kier alpha value is -0.650. The molecule has 0 unspecified atom stereocenters. The average molecular weight is 220 g/mol. The molecule has 0 aromatic heterocycles.